The number of rotatable bonds is 19. The fraction of sp³-hybridized carbons (Fsp3) is 0.667. The van der Waals surface area contributed by atoms with Crippen molar-refractivity contribution in [1.82, 2.24) is 26.6 Å². The molecule has 1 fully saturated rings. The van der Waals surface area contributed by atoms with Gasteiger partial charge in [0, 0.05) is 13.2 Å². The van der Waals surface area contributed by atoms with Gasteiger partial charge in [0.05, 0.1) is 24.1 Å². The lowest BCUT2D eigenvalue weighted by Crippen LogP contribution is -2.58. The van der Waals surface area contributed by atoms with E-state index in [0.717, 1.165) is 12.8 Å². The lowest BCUT2D eigenvalue weighted by atomic mass is 9.96. The Morgan fingerprint density at radius 2 is 1.50 bits per heavy atom. The molecule has 0 aromatic heterocycles. The molecular formula is C36H57N5O9. The Morgan fingerprint density at radius 1 is 0.840 bits per heavy atom. The number of ether oxygens (including phenoxy) is 1. The SMILES string of the molecule is CC[C@H](C)[C@H](NC(=O)C1CCCCO1)C(=O)N[C@@H](C)C(=O)N[C@@H](CC(C)C)[C@@H](O)CC(=O)N[C@@H](C(=O)NCc1ccc(C(=O)O)cc1)C(C)C. The number of benzene rings is 1. The van der Waals surface area contributed by atoms with Crippen molar-refractivity contribution >= 4 is 35.5 Å². The van der Waals surface area contributed by atoms with Crippen molar-refractivity contribution in [2.45, 2.75) is 130 Å². The highest BCUT2D eigenvalue weighted by Gasteiger charge is 2.33. The summed E-state index contributed by atoms with van der Waals surface area (Å²) in [6.45, 7) is 13.2. The van der Waals surface area contributed by atoms with Crippen molar-refractivity contribution in [2.24, 2.45) is 17.8 Å². The fourth-order valence-corrected chi connectivity index (χ4v) is 5.56. The molecule has 14 heteroatoms. The molecule has 7 N–H and O–H groups in total. The molecule has 1 saturated heterocycles. The molecule has 50 heavy (non-hydrogen) atoms. The molecule has 14 nitrogen and oxygen atoms in total. The second-order valence-corrected chi connectivity index (χ2v) is 14.0. The molecule has 7 atom stereocenters. The van der Waals surface area contributed by atoms with E-state index < -0.39 is 72.4 Å². The molecule has 5 amide bonds. The molecule has 0 spiro atoms. The van der Waals surface area contributed by atoms with Gasteiger partial charge >= 0.3 is 5.97 Å². The number of carboxylic acids is 1. The molecule has 0 saturated carbocycles. The lowest BCUT2D eigenvalue weighted by Gasteiger charge is -2.30. The van der Waals surface area contributed by atoms with E-state index in [1.807, 2.05) is 27.7 Å². The molecule has 2 rings (SSSR count). The zero-order valence-electron chi connectivity index (χ0n) is 30.4. The van der Waals surface area contributed by atoms with Crippen LogP contribution in [-0.4, -0.2) is 88.7 Å². The van der Waals surface area contributed by atoms with Crippen molar-refractivity contribution in [1.29, 1.82) is 0 Å². The van der Waals surface area contributed by atoms with E-state index >= 15 is 0 Å². The van der Waals surface area contributed by atoms with Crippen LogP contribution in [0.5, 0.6) is 0 Å². The van der Waals surface area contributed by atoms with Crippen molar-refractivity contribution in [3.63, 3.8) is 0 Å². The van der Waals surface area contributed by atoms with E-state index in [1.54, 1.807) is 26.0 Å². The monoisotopic (exact) mass is 703 g/mol. The Kier molecular flexibility index (Phi) is 17.3. The van der Waals surface area contributed by atoms with Gasteiger partial charge in [-0.3, -0.25) is 24.0 Å². The standard InChI is InChI=1S/C36H57N5O9/c1-8-22(6)31(41-33(45)28-11-9-10-16-50-28)35(47)38-23(7)32(44)39-26(17-20(2)3)27(42)18-29(43)40-30(21(4)5)34(46)37-19-24-12-14-25(15-13-24)36(48)49/h12-15,20-23,26-28,30-31,42H,8-11,16-19H2,1-7H3,(H,37,46)(H,38,47)(H,39,44)(H,40,43)(H,41,45)(H,48,49)/t22-,23-,26-,27-,28?,30+,31-/m0/s1. The summed E-state index contributed by atoms with van der Waals surface area (Å²) in [6, 6.07) is 2.42. The maximum Gasteiger partial charge on any atom is 0.335 e. The van der Waals surface area contributed by atoms with Crippen molar-refractivity contribution in [3.05, 3.63) is 35.4 Å². The highest BCUT2D eigenvalue weighted by atomic mass is 16.5. The summed E-state index contributed by atoms with van der Waals surface area (Å²) < 4.78 is 5.56. The van der Waals surface area contributed by atoms with Gasteiger partial charge in [-0.15, -0.1) is 0 Å². The number of aliphatic hydroxyl groups excluding tert-OH is 1. The number of hydrogen-bond acceptors (Lipinski definition) is 8. The Balaban J connectivity index is 2.00. The van der Waals surface area contributed by atoms with Crippen molar-refractivity contribution in [3.8, 4) is 0 Å². The van der Waals surface area contributed by atoms with Crippen molar-refractivity contribution < 1.29 is 43.7 Å². The smallest absolute Gasteiger partial charge is 0.335 e. The first kappa shape index (κ1) is 42.1. The number of nitrogens with one attached hydrogen (secondary N) is 5. The predicted octanol–water partition coefficient (Wildman–Crippen LogP) is 2.03. The maximum absolute atomic E-state index is 13.3. The van der Waals surface area contributed by atoms with E-state index in [4.69, 9.17) is 9.84 Å². The zero-order chi connectivity index (χ0) is 37.5. The van der Waals surface area contributed by atoms with Crippen LogP contribution < -0.4 is 26.6 Å². The third kappa shape index (κ3) is 13.7. The van der Waals surface area contributed by atoms with Crippen LogP contribution >= 0.6 is 0 Å². The predicted molar refractivity (Wildman–Crippen MR) is 187 cm³/mol. The first-order chi connectivity index (χ1) is 23.5. The van der Waals surface area contributed by atoms with E-state index in [1.165, 1.54) is 19.1 Å². The number of aliphatic hydroxyl groups is 1. The number of carbonyl (C=O) groups excluding carboxylic acids is 5. The van der Waals surface area contributed by atoms with E-state index in [2.05, 4.69) is 26.6 Å². The zero-order valence-corrected chi connectivity index (χ0v) is 30.4. The number of aromatic carboxylic acids is 1. The normalized spacial score (nSPS) is 18.2. The molecule has 1 aromatic carbocycles. The van der Waals surface area contributed by atoms with Crippen LogP contribution in [0.15, 0.2) is 24.3 Å². The minimum Gasteiger partial charge on any atom is -0.478 e. The topological polar surface area (TPSA) is 212 Å². The molecular weight excluding hydrogens is 646 g/mol. The number of hydrogen-bond donors (Lipinski definition) is 7. The average Bonchev–Trinajstić information content (AvgIpc) is 3.07. The van der Waals surface area contributed by atoms with Crippen LogP contribution in [0.3, 0.4) is 0 Å². The van der Waals surface area contributed by atoms with Crippen LogP contribution in [0.4, 0.5) is 0 Å². The van der Waals surface area contributed by atoms with Gasteiger partial charge in [0.15, 0.2) is 0 Å². The van der Waals surface area contributed by atoms with Gasteiger partial charge < -0.3 is 41.5 Å². The molecule has 1 aliphatic rings. The summed E-state index contributed by atoms with van der Waals surface area (Å²) >= 11 is 0. The summed E-state index contributed by atoms with van der Waals surface area (Å²) in [5.41, 5.74) is 0.804. The van der Waals surface area contributed by atoms with Gasteiger partial charge in [-0.25, -0.2) is 4.79 Å². The van der Waals surface area contributed by atoms with Crippen LogP contribution in [0.1, 0.15) is 103 Å². The van der Waals surface area contributed by atoms with Gasteiger partial charge in [0.1, 0.15) is 24.2 Å². The Morgan fingerprint density at radius 3 is 2.04 bits per heavy atom. The van der Waals surface area contributed by atoms with E-state index in [9.17, 15) is 33.9 Å². The van der Waals surface area contributed by atoms with Crippen LogP contribution in [0.2, 0.25) is 0 Å². The molecule has 0 aliphatic carbocycles. The first-order valence-electron chi connectivity index (χ1n) is 17.6. The van der Waals surface area contributed by atoms with Gasteiger partial charge in [-0.2, -0.15) is 0 Å². The molecule has 1 aliphatic heterocycles. The summed E-state index contributed by atoms with van der Waals surface area (Å²) in [5, 5.41) is 33.9. The number of amides is 5. The van der Waals surface area contributed by atoms with Gasteiger partial charge in [0.2, 0.25) is 29.5 Å². The summed E-state index contributed by atoms with van der Waals surface area (Å²) in [4.78, 5) is 76.5. The second-order valence-electron chi connectivity index (χ2n) is 14.0. The minimum atomic E-state index is -1.30. The highest BCUT2D eigenvalue weighted by Crippen LogP contribution is 2.16. The van der Waals surface area contributed by atoms with Crippen molar-refractivity contribution in [2.75, 3.05) is 6.61 Å². The summed E-state index contributed by atoms with van der Waals surface area (Å²) in [6.07, 6.45) is 0.965. The number of carbonyl (C=O) groups is 6. The van der Waals surface area contributed by atoms with Gasteiger partial charge in [0.25, 0.3) is 0 Å². The average molecular weight is 704 g/mol. The van der Waals surface area contributed by atoms with Gasteiger partial charge in [-0.1, -0.05) is 60.1 Å². The quantitative estimate of drug-likeness (QED) is 0.112. The number of carboxylic acid groups (broad SMARTS) is 1. The summed E-state index contributed by atoms with van der Waals surface area (Å²) in [5.74, 6) is -3.99. The molecule has 280 valence electrons. The Bertz CT molecular complexity index is 1300. The fourth-order valence-electron chi connectivity index (χ4n) is 5.56. The molecule has 1 aromatic rings. The highest BCUT2D eigenvalue weighted by molar-refractivity contribution is 5.93. The van der Waals surface area contributed by atoms with E-state index in [0.29, 0.717) is 31.4 Å². The molecule has 1 unspecified atom stereocenters. The Labute approximate surface area is 295 Å². The minimum absolute atomic E-state index is 0.0358. The third-order valence-electron chi connectivity index (χ3n) is 8.86. The molecule has 0 radical (unpaired) electrons. The van der Waals surface area contributed by atoms with Gasteiger partial charge in [-0.05, 0) is 68.1 Å². The molecule has 0 bridgehead atoms. The van der Waals surface area contributed by atoms with E-state index in [-0.39, 0.29) is 35.8 Å². The summed E-state index contributed by atoms with van der Waals surface area (Å²) in [7, 11) is 0. The first-order valence-corrected chi connectivity index (χ1v) is 17.6. The second kappa shape index (κ2) is 20.6. The maximum atomic E-state index is 13.3. The van der Waals surface area contributed by atoms with Crippen LogP contribution in [0.25, 0.3) is 0 Å². The van der Waals surface area contributed by atoms with Crippen LogP contribution in [-0.2, 0) is 35.3 Å². The van der Waals surface area contributed by atoms with Crippen LogP contribution in [0, 0.1) is 17.8 Å². The molecule has 1 heterocycles. The largest absolute Gasteiger partial charge is 0.478 e. The lowest BCUT2D eigenvalue weighted by molar-refractivity contribution is -0.140. The Hall–Kier alpha value is -4.04. The third-order valence-corrected chi connectivity index (χ3v) is 8.86.